The lowest BCUT2D eigenvalue weighted by atomic mass is 10.0. The van der Waals surface area contributed by atoms with Gasteiger partial charge in [0, 0.05) is 5.69 Å². The fraction of sp³-hybridized carbons (Fsp3) is 0.385. The Hall–Kier alpha value is -3.48. The summed E-state index contributed by atoms with van der Waals surface area (Å²) < 4.78 is 5.26. The molecule has 0 aliphatic carbocycles. The van der Waals surface area contributed by atoms with Crippen LogP contribution in [-0.4, -0.2) is 41.2 Å². The van der Waals surface area contributed by atoms with E-state index >= 15 is 0 Å². The molecule has 0 saturated heterocycles. The van der Waals surface area contributed by atoms with Gasteiger partial charge in [0.15, 0.2) is 0 Å². The van der Waals surface area contributed by atoms with E-state index in [0.29, 0.717) is 41.3 Å². The van der Waals surface area contributed by atoms with E-state index in [1.165, 1.54) is 0 Å². The van der Waals surface area contributed by atoms with Gasteiger partial charge in [-0.1, -0.05) is 39.8 Å². The van der Waals surface area contributed by atoms with Gasteiger partial charge in [-0.3, -0.25) is 19.3 Å². The topological polar surface area (TPSA) is 92.8 Å². The Morgan fingerprint density at radius 1 is 0.879 bits per heavy atom. The van der Waals surface area contributed by atoms with Crippen LogP contribution in [-0.2, 0) is 9.53 Å². The van der Waals surface area contributed by atoms with Crippen molar-refractivity contribution in [2.24, 2.45) is 11.8 Å². The summed E-state index contributed by atoms with van der Waals surface area (Å²) in [7, 11) is 0. The molecule has 3 amide bonds. The van der Waals surface area contributed by atoms with Crippen molar-refractivity contribution in [3.8, 4) is 0 Å². The molecule has 174 valence electrons. The number of amides is 3. The molecular weight excluding hydrogens is 420 g/mol. The molecule has 2 aromatic carbocycles. The zero-order chi connectivity index (χ0) is 24.1. The smallest absolute Gasteiger partial charge is 0.338 e. The van der Waals surface area contributed by atoms with E-state index in [0.717, 1.165) is 11.3 Å². The molecule has 0 bridgehead atoms. The van der Waals surface area contributed by atoms with Gasteiger partial charge in [0.05, 0.1) is 23.3 Å². The summed E-state index contributed by atoms with van der Waals surface area (Å²) in [6.07, 6.45) is 1.12. The second-order valence-electron chi connectivity index (χ2n) is 9.06. The molecule has 1 heterocycles. The summed E-state index contributed by atoms with van der Waals surface area (Å²) >= 11 is 0. The molecule has 2 aromatic rings. The monoisotopic (exact) mass is 450 g/mol. The van der Waals surface area contributed by atoms with Crippen molar-refractivity contribution in [2.45, 2.75) is 46.6 Å². The Balaban J connectivity index is 1.72. The number of fused-ring (bicyclic) bond motifs is 1. The van der Waals surface area contributed by atoms with Crippen LogP contribution in [0.25, 0.3) is 0 Å². The molecule has 0 radical (unpaired) electrons. The van der Waals surface area contributed by atoms with Gasteiger partial charge in [0.1, 0.15) is 6.04 Å². The number of carbonyl (C=O) groups excluding carboxylic acids is 4. The van der Waals surface area contributed by atoms with Crippen molar-refractivity contribution >= 4 is 29.4 Å². The van der Waals surface area contributed by atoms with Gasteiger partial charge < -0.3 is 10.1 Å². The average Bonchev–Trinajstić information content (AvgIpc) is 3.02. The Kier molecular flexibility index (Phi) is 7.63. The number of nitrogens with one attached hydrogen (secondary N) is 1. The number of hydrogen-bond donors (Lipinski definition) is 1. The van der Waals surface area contributed by atoms with Crippen LogP contribution in [0.2, 0.25) is 0 Å². The molecule has 1 aliphatic rings. The third kappa shape index (κ3) is 5.66. The molecule has 1 unspecified atom stereocenters. The molecule has 0 fully saturated rings. The van der Waals surface area contributed by atoms with Crippen LogP contribution < -0.4 is 5.32 Å². The minimum absolute atomic E-state index is 0.0769. The van der Waals surface area contributed by atoms with Gasteiger partial charge in [0.2, 0.25) is 5.91 Å². The van der Waals surface area contributed by atoms with Crippen molar-refractivity contribution in [2.75, 3.05) is 11.9 Å². The minimum atomic E-state index is -0.946. The molecule has 7 nitrogen and oxygen atoms in total. The highest BCUT2D eigenvalue weighted by Gasteiger charge is 2.42. The number of carbonyl (C=O) groups is 4. The molecule has 0 saturated carbocycles. The van der Waals surface area contributed by atoms with Gasteiger partial charge in [0.25, 0.3) is 11.8 Å². The van der Waals surface area contributed by atoms with Crippen LogP contribution in [0.5, 0.6) is 0 Å². The average molecular weight is 451 g/mol. The second kappa shape index (κ2) is 10.4. The molecule has 3 rings (SSSR count). The summed E-state index contributed by atoms with van der Waals surface area (Å²) in [5.41, 5.74) is 1.47. The number of hydrogen-bond acceptors (Lipinski definition) is 5. The number of imide groups is 1. The minimum Gasteiger partial charge on any atom is -0.462 e. The first-order valence-electron chi connectivity index (χ1n) is 11.2. The summed E-state index contributed by atoms with van der Waals surface area (Å²) in [5.74, 6) is -1.28. The predicted octanol–water partition coefficient (Wildman–Crippen LogP) is 4.54. The molecule has 1 atom stereocenters. The third-order valence-electron chi connectivity index (χ3n) is 5.45. The van der Waals surface area contributed by atoms with Crippen LogP contribution >= 0.6 is 0 Å². The zero-order valence-corrected chi connectivity index (χ0v) is 19.5. The van der Waals surface area contributed by atoms with E-state index in [4.69, 9.17) is 4.74 Å². The predicted molar refractivity (Wildman–Crippen MR) is 125 cm³/mol. The van der Waals surface area contributed by atoms with E-state index in [-0.39, 0.29) is 5.92 Å². The highest BCUT2D eigenvalue weighted by molar-refractivity contribution is 6.23. The first-order valence-corrected chi connectivity index (χ1v) is 11.2. The van der Waals surface area contributed by atoms with Crippen molar-refractivity contribution < 1.29 is 23.9 Å². The van der Waals surface area contributed by atoms with Crippen molar-refractivity contribution in [3.05, 3.63) is 65.2 Å². The van der Waals surface area contributed by atoms with Crippen molar-refractivity contribution in [1.82, 2.24) is 4.90 Å². The second-order valence-corrected chi connectivity index (χ2v) is 9.06. The van der Waals surface area contributed by atoms with Gasteiger partial charge in [-0.05, 0) is 61.1 Å². The zero-order valence-electron chi connectivity index (χ0n) is 19.5. The normalized spacial score (nSPS) is 13.9. The number of benzene rings is 2. The lowest BCUT2D eigenvalue weighted by molar-refractivity contribution is -0.120. The maximum Gasteiger partial charge on any atom is 0.338 e. The standard InChI is InChI=1S/C26H30N2O5/c1-16(2)13-14-33-26(32)18-9-11-19(12-10-18)27-23(29)22(15-17(3)4)28-24(30)20-7-5-6-8-21(20)25(28)31/h5-12,16-17,22H,13-15H2,1-4H3,(H,27,29). The molecule has 7 heteroatoms. The first-order chi connectivity index (χ1) is 15.7. The van der Waals surface area contributed by atoms with Crippen LogP contribution in [0.3, 0.4) is 0 Å². The first kappa shape index (κ1) is 24.2. The molecule has 0 aromatic heterocycles. The number of ether oxygens (including phenoxy) is 1. The number of nitrogens with zero attached hydrogens (tertiary/aromatic N) is 1. The fourth-order valence-corrected chi connectivity index (χ4v) is 3.65. The summed E-state index contributed by atoms with van der Waals surface area (Å²) in [4.78, 5) is 52.2. The Morgan fingerprint density at radius 3 is 1.97 bits per heavy atom. The number of anilines is 1. The third-order valence-corrected chi connectivity index (χ3v) is 5.45. The summed E-state index contributed by atoms with van der Waals surface area (Å²) in [6, 6.07) is 12.0. The van der Waals surface area contributed by atoms with Gasteiger partial charge in [-0.15, -0.1) is 0 Å². The van der Waals surface area contributed by atoms with Gasteiger partial charge in [-0.2, -0.15) is 0 Å². The molecular formula is C26H30N2O5. The van der Waals surface area contributed by atoms with E-state index in [9.17, 15) is 19.2 Å². The van der Waals surface area contributed by atoms with E-state index < -0.39 is 29.7 Å². The fourth-order valence-electron chi connectivity index (χ4n) is 3.65. The van der Waals surface area contributed by atoms with Crippen molar-refractivity contribution in [1.29, 1.82) is 0 Å². The van der Waals surface area contributed by atoms with Crippen LogP contribution in [0.4, 0.5) is 5.69 Å². The highest BCUT2D eigenvalue weighted by Crippen LogP contribution is 2.27. The Bertz CT molecular complexity index is 1010. The van der Waals surface area contributed by atoms with Crippen LogP contribution in [0.1, 0.15) is 71.6 Å². The van der Waals surface area contributed by atoms with Gasteiger partial charge >= 0.3 is 5.97 Å². The molecule has 33 heavy (non-hydrogen) atoms. The maximum atomic E-state index is 13.2. The SMILES string of the molecule is CC(C)CCOC(=O)c1ccc(NC(=O)C(CC(C)C)N2C(=O)c3ccccc3C2=O)cc1. The largest absolute Gasteiger partial charge is 0.462 e. The van der Waals surface area contributed by atoms with E-state index in [2.05, 4.69) is 19.2 Å². The molecule has 1 aliphatic heterocycles. The molecule has 0 spiro atoms. The van der Waals surface area contributed by atoms with Crippen LogP contribution in [0, 0.1) is 11.8 Å². The lowest BCUT2D eigenvalue weighted by Gasteiger charge is -2.26. The maximum absolute atomic E-state index is 13.2. The highest BCUT2D eigenvalue weighted by atomic mass is 16.5. The number of rotatable bonds is 9. The Morgan fingerprint density at radius 2 is 1.45 bits per heavy atom. The van der Waals surface area contributed by atoms with E-state index in [1.54, 1.807) is 48.5 Å². The molecule has 1 N–H and O–H groups in total. The lowest BCUT2D eigenvalue weighted by Crippen LogP contribution is -2.47. The quantitative estimate of drug-likeness (QED) is 0.447. The van der Waals surface area contributed by atoms with Crippen LogP contribution in [0.15, 0.2) is 48.5 Å². The summed E-state index contributed by atoms with van der Waals surface area (Å²) in [5, 5.41) is 2.78. The van der Waals surface area contributed by atoms with Crippen molar-refractivity contribution in [3.63, 3.8) is 0 Å². The summed E-state index contributed by atoms with van der Waals surface area (Å²) in [6.45, 7) is 8.32. The van der Waals surface area contributed by atoms with E-state index in [1.807, 2.05) is 13.8 Å². The number of esters is 1. The van der Waals surface area contributed by atoms with Gasteiger partial charge in [-0.25, -0.2) is 4.79 Å². The Labute approximate surface area is 194 Å².